The van der Waals surface area contributed by atoms with Gasteiger partial charge in [0.25, 0.3) is 5.88 Å². The number of aromatic carboxylic acids is 1. The number of hydrogen-bond acceptors (Lipinski definition) is 4. The normalized spacial score (nSPS) is 10.2. The lowest BCUT2D eigenvalue weighted by Crippen LogP contribution is -2.03. The second-order valence-electron chi connectivity index (χ2n) is 4.56. The van der Waals surface area contributed by atoms with Crippen molar-refractivity contribution in [2.75, 3.05) is 6.61 Å². The summed E-state index contributed by atoms with van der Waals surface area (Å²) in [6, 6.07) is 8.46. The summed E-state index contributed by atoms with van der Waals surface area (Å²) in [5.41, 5.74) is 0.949. The zero-order valence-corrected chi connectivity index (χ0v) is 12.0. The summed E-state index contributed by atoms with van der Waals surface area (Å²) in [6.45, 7) is 4.37. The van der Waals surface area contributed by atoms with E-state index in [1.54, 1.807) is 36.5 Å². The van der Waals surface area contributed by atoms with Gasteiger partial charge >= 0.3 is 5.97 Å². The monoisotopic (exact) mass is 287 g/mol. The first kappa shape index (κ1) is 14.8. The number of carboxylic acid groups (broad SMARTS) is 1. The maximum absolute atomic E-state index is 11.3. The van der Waals surface area contributed by atoms with Crippen LogP contribution in [-0.4, -0.2) is 22.7 Å². The third-order valence-electron chi connectivity index (χ3n) is 2.77. The molecule has 1 aromatic heterocycles. The minimum atomic E-state index is -1.04. The van der Waals surface area contributed by atoms with Crippen molar-refractivity contribution >= 4 is 5.97 Å². The van der Waals surface area contributed by atoms with E-state index in [4.69, 9.17) is 9.47 Å². The van der Waals surface area contributed by atoms with Gasteiger partial charge in [0.1, 0.15) is 11.3 Å². The van der Waals surface area contributed by atoms with E-state index in [9.17, 15) is 9.90 Å². The number of hydrogen-bond donors (Lipinski definition) is 1. The number of pyridine rings is 1. The first-order chi connectivity index (χ1) is 10.1. The van der Waals surface area contributed by atoms with Crippen LogP contribution in [0, 0.1) is 6.92 Å². The molecular weight excluding hydrogens is 270 g/mol. The van der Waals surface area contributed by atoms with Crippen LogP contribution in [0.4, 0.5) is 0 Å². The average molecular weight is 287 g/mol. The number of aromatic nitrogens is 1. The highest BCUT2D eigenvalue weighted by Crippen LogP contribution is 2.31. The minimum Gasteiger partial charge on any atom is -0.488 e. The summed E-state index contributed by atoms with van der Waals surface area (Å²) in [5.74, 6) is -0.0395. The summed E-state index contributed by atoms with van der Waals surface area (Å²) in [4.78, 5) is 15.4. The van der Waals surface area contributed by atoms with Crippen molar-refractivity contribution in [2.45, 2.75) is 20.3 Å². The van der Waals surface area contributed by atoms with Gasteiger partial charge in [-0.3, -0.25) is 0 Å². The van der Waals surface area contributed by atoms with Crippen molar-refractivity contribution in [1.82, 2.24) is 4.98 Å². The van der Waals surface area contributed by atoms with E-state index in [0.29, 0.717) is 12.4 Å². The summed E-state index contributed by atoms with van der Waals surface area (Å²) < 4.78 is 11.2. The quantitative estimate of drug-likeness (QED) is 0.877. The maximum atomic E-state index is 11.3. The van der Waals surface area contributed by atoms with Crippen LogP contribution in [-0.2, 0) is 0 Å². The van der Waals surface area contributed by atoms with Crippen molar-refractivity contribution in [2.24, 2.45) is 0 Å². The minimum absolute atomic E-state index is 0.0992. The smallest absolute Gasteiger partial charge is 0.339 e. The van der Waals surface area contributed by atoms with Crippen LogP contribution in [0.2, 0.25) is 0 Å². The lowest BCUT2D eigenvalue weighted by Gasteiger charge is -2.12. The number of aryl methyl sites for hydroxylation is 1. The number of carboxylic acids is 1. The standard InChI is InChI=1S/C16H17NO4/c1-3-9-20-14-5-4-8-17-15(14)21-13-7-6-11(2)10-12(13)16(18)19/h4-8,10H,3,9H2,1-2H3,(H,18,19). The fraction of sp³-hybridized carbons (Fsp3) is 0.250. The van der Waals surface area contributed by atoms with Crippen LogP contribution in [0.3, 0.4) is 0 Å². The molecule has 0 bridgehead atoms. The largest absolute Gasteiger partial charge is 0.488 e. The Bertz CT molecular complexity index is 640. The summed E-state index contributed by atoms with van der Waals surface area (Å²) in [7, 11) is 0. The molecule has 0 aliphatic rings. The van der Waals surface area contributed by atoms with Gasteiger partial charge in [0.2, 0.25) is 0 Å². The van der Waals surface area contributed by atoms with E-state index >= 15 is 0 Å². The predicted molar refractivity (Wildman–Crippen MR) is 78.2 cm³/mol. The third-order valence-corrected chi connectivity index (χ3v) is 2.77. The van der Waals surface area contributed by atoms with Crippen LogP contribution in [0.5, 0.6) is 17.4 Å². The first-order valence-corrected chi connectivity index (χ1v) is 6.71. The number of benzene rings is 1. The molecule has 0 fully saturated rings. The third kappa shape index (κ3) is 3.72. The van der Waals surface area contributed by atoms with Crippen molar-refractivity contribution < 1.29 is 19.4 Å². The fourth-order valence-corrected chi connectivity index (χ4v) is 1.78. The van der Waals surface area contributed by atoms with E-state index in [1.165, 1.54) is 0 Å². The first-order valence-electron chi connectivity index (χ1n) is 6.71. The molecule has 110 valence electrons. The number of nitrogens with zero attached hydrogens (tertiary/aromatic N) is 1. The van der Waals surface area contributed by atoms with Gasteiger partial charge in [-0.05, 0) is 37.6 Å². The van der Waals surface area contributed by atoms with E-state index < -0.39 is 5.97 Å². The van der Waals surface area contributed by atoms with Gasteiger partial charge in [-0.25, -0.2) is 9.78 Å². The van der Waals surface area contributed by atoms with Crippen molar-refractivity contribution in [3.8, 4) is 17.4 Å². The molecule has 0 radical (unpaired) electrons. The van der Waals surface area contributed by atoms with Crippen molar-refractivity contribution in [3.63, 3.8) is 0 Å². The van der Waals surface area contributed by atoms with Crippen molar-refractivity contribution in [1.29, 1.82) is 0 Å². The summed E-state index contributed by atoms with van der Waals surface area (Å²) >= 11 is 0. The van der Waals surface area contributed by atoms with E-state index in [2.05, 4.69) is 4.98 Å². The highest BCUT2D eigenvalue weighted by atomic mass is 16.5. The van der Waals surface area contributed by atoms with Crippen LogP contribution < -0.4 is 9.47 Å². The molecule has 0 saturated carbocycles. The molecule has 2 rings (SSSR count). The molecule has 2 aromatic rings. The predicted octanol–water partition coefficient (Wildman–Crippen LogP) is 3.67. The van der Waals surface area contributed by atoms with Crippen LogP contribution in [0.25, 0.3) is 0 Å². The zero-order chi connectivity index (χ0) is 15.2. The molecular formula is C16H17NO4. The van der Waals surface area contributed by atoms with E-state index in [-0.39, 0.29) is 17.2 Å². The van der Waals surface area contributed by atoms with Gasteiger partial charge in [-0.1, -0.05) is 18.6 Å². The Kier molecular flexibility index (Phi) is 4.77. The Morgan fingerprint density at radius 2 is 2.10 bits per heavy atom. The van der Waals surface area contributed by atoms with Crippen LogP contribution >= 0.6 is 0 Å². The molecule has 0 spiro atoms. The molecule has 0 aliphatic heterocycles. The number of carbonyl (C=O) groups is 1. The van der Waals surface area contributed by atoms with Gasteiger partial charge in [0, 0.05) is 6.20 Å². The lowest BCUT2D eigenvalue weighted by atomic mass is 10.1. The zero-order valence-electron chi connectivity index (χ0n) is 12.0. The topological polar surface area (TPSA) is 68.7 Å². The highest BCUT2D eigenvalue weighted by Gasteiger charge is 2.15. The van der Waals surface area contributed by atoms with Gasteiger partial charge in [0.15, 0.2) is 5.75 Å². The second-order valence-corrected chi connectivity index (χ2v) is 4.56. The van der Waals surface area contributed by atoms with Gasteiger partial charge in [-0.15, -0.1) is 0 Å². The Morgan fingerprint density at radius 3 is 2.81 bits per heavy atom. The van der Waals surface area contributed by atoms with Crippen LogP contribution in [0.15, 0.2) is 36.5 Å². The fourth-order valence-electron chi connectivity index (χ4n) is 1.78. The summed E-state index contributed by atoms with van der Waals surface area (Å²) in [6.07, 6.45) is 2.43. The molecule has 5 heteroatoms. The molecule has 21 heavy (non-hydrogen) atoms. The Labute approximate surface area is 123 Å². The average Bonchev–Trinajstić information content (AvgIpc) is 2.48. The molecule has 0 unspecified atom stereocenters. The highest BCUT2D eigenvalue weighted by molar-refractivity contribution is 5.91. The molecule has 5 nitrogen and oxygen atoms in total. The maximum Gasteiger partial charge on any atom is 0.339 e. The Balaban J connectivity index is 2.32. The van der Waals surface area contributed by atoms with Crippen LogP contribution in [0.1, 0.15) is 29.3 Å². The van der Waals surface area contributed by atoms with E-state index in [0.717, 1.165) is 12.0 Å². The Morgan fingerprint density at radius 1 is 1.29 bits per heavy atom. The van der Waals surface area contributed by atoms with Gasteiger partial charge in [-0.2, -0.15) is 0 Å². The molecule has 0 atom stereocenters. The molecule has 0 saturated heterocycles. The lowest BCUT2D eigenvalue weighted by molar-refractivity contribution is 0.0694. The second kappa shape index (κ2) is 6.74. The molecule has 1 aromatic carbocycles. The number of ether oxygens (including phenoxy) is 2. The number of rotatable bonds is 6. The van der Waals surface area contributed by atoms with E-state index in [1.807, 2.05) is 13.8 Å². The molecule has 0 aliphatic carbocycles. The van der Waals surface area contributed by atoms with Gasteiger partial charge < -0.3 is 14.6 Å². The molecule has 0 amide bonds. The molecule has 1 N–H and O–H groups in total. The summed E-state index contributed by atoms with van der Waals surface area (Å²) in [5, 5.41) is 9.25. The SMILES string of the molecule is CCCOc1cccnc1Oc1ccc(C)cc1C(=O)O. The van der Waals surface area contributed by atoms with Crippen molar-refractivity contribution in [3.05, 3.63) is 47.7 Å². The Hall–Kier alpha value is -2.56. The molecule has 1 heterocycles. The van der Waals surface area contributed by atoms with Gasteiger partial charge in [0.05, 0.1) is 6.61 Å².